The van der Waals surface area contributed by atoms with Gasteiger partial charge in [-0.3, -0.25) is 0 Å². The van der Waals surface area contributed by atoms with Crippen molar-refractivity contribution in [2.45, 2.75) is 0 Å². The number of hydrogen-bond donors (Lipinski definition) is 0. The van der Waals surface area contributed by atoms with Crippen molar-refractivity contribution >= 4 is 0 Å². The van der Waals surface area contributed by atoms with Gasteiger partial charge in [0.2, 0.25) is 0 Å². The van der Waals surface area contributed by atoms with E-state index < -0.39 is 0 Å². The summed E-state index contributed by atoms with van der Waals surface area (Å²) in [6.45, 7) is 0. The zero-order chi connectivity index (χ0) is 37.7. The highest BCUT2D eigenvalue weighted by Crippen LogP contribution is 2.42. The van der Waals surface area contributed by atoms with Crippen molar-refractivity contribution in [3.05, 3.63) is 212 Å². The summed E-state index contributed by atoms with van der Waals surface area (Å²) >= 11 is 0. The normalized spacial score (nSPS) is 10.8. The summed E-state index contributed by atoms with van der Waals surface area (Å²) in [4.78, 5) is 15.1. The molecule has 0 fully saturated rings. The number of hydrogen-bond acceptors (Lipinski definition) is 4. The molecule has 56 heavy (non-hydrogen) atoms. The molecule has 0 N–H and O–H groups in total. The predicted molar refractivity (Wildman–Crippen MR) is 228 cm³/mol. The van der Waals surface area contributed by atoms with Crippen molar-refractivity contribution in [1.29, 1.82) is 5.26 Å². The van der Waals surface area contributed by atoms with Crippen LogP contribution in [0.5, 0.6) is 0 Å². The summed E-state index contributed by atoms with van der Waals surface area (Å²) < 4.78 is 0. The van der Waals surface area contributed by atoms with Gasteiger partial charge in [0.15, 0.2) is 17.5 Å². The predicted octanol–water partition coefficient (Wildman–Crippen LogP) is 13.1. The first-order valence-electron chi connectivity index (χ1n) is 18.6. The molecule has 0 aliphatic heterocycles. The van der Waals surface area contributed by atoms with E-state index in [0.29, 0.717) is 23.0 Å². The van der Waals surface area contributed by atoms with E-state index in [1.807, 2.05) is 72.8 Å². The first-order chi connectivity index (χ1) is 27.7. The van der Waals surface area contributed by atoms with Gasteiger partial charge < -0.3 is 0 Å². The SMILES string of the molecule is N#Cc1ccc(-c2cc(-c3ccccc3)c(-c3ccc(-c4nc(-c5ccccc5)nc(-c5cccc(-c6ccccc6)c5)n4)cc3)cc2-c2ccccc2)cc1. The molecule has 0 radical (unpaired) electrons. The summed E-state index contributed by atoms with van der Waals surface area (Å²) in [7, 11) is 0. The third-order valence-electron chi connectivity index (χ3n) is 10.0. The van der Waals surface area contributed by atoms with Gasteiger partial charge in [-0.2, -0.15) is 5.26 Å². The van der Waals surface area contributed by atoms with Gasteiger partial charge in [0.1, 0.15) is 0 Å². The van der Waals surface area contributed by atoms with Gasteiger partial charge >= 0.3 is 0 Å². The topological polar surface area (TPSA) is 62.5 Å². The fourth-order valence-corrected chi connectivity index (χ4v) is 7.13. The molecule has 9 rings (SSSR count). The molecule has 0 atom stereocenters. The molecule has 8 aromatic carbocycles. The fraction of sp³-hybridized carbons (Fsp3) is 0. The summed E-state index contributed by atoms with van der Waals surface area (Å²) in [5.41, 5.74) is 14.4. The Labute approximate surface area is 326 Å². The third-order valence-corrected chi connectivity index (χ3v) is 10.0. The monoisotopic (exact) mass is 714 g/mol. The average molecular weight is 715 g/mol. The molecule has 4 heteroatoms. The zero-order valence-corrected chi connectivity index (χ0v) is 30.4. The van der Waals surface area contributed by atoms with E-state index in [1.165, 1.54) is 0 Å². The molecule has 9 aromatic rings. The standard InChI is InChI=1S/C52H34N4/c53-35-36-24-26-40(27-25-36)48-33-47(39-18-9-3-10-19-39)49(34-46(48)38-16-7-2-8-17-38)41-28-30-43(31-29-41)51-54-50(42-20-11-4-12-21-42)55-52(56-51)45-23-13-22-44(32-45)37-14-5-1-6-15-37/h1-34H. The lowest BCUT2D eigenvalue weighted by molar-refractivity contribution is 1.07. The van der Waals surface area contributed by atoms with Crippen molar-refractivity contribution < 1.29 is 0 Å². The van der Waals surface area contributed by atoms with Crippen molar-refractivity contribution in [2.75, 3.05) is 0 Å². The van der Waals surface area contributed by atoms with Gasteiger partial charge in [0, 0.05) is 16.7 Å². The van der Waals surface area contributed by atoms with Crippen LogP contribution in [0.25, 0.3) is 89.8 Å². The number of nitriles is 1. The number of benzene rings is 8. The number of rotatable bonds is 8. The van der Waals surface area contributed by atoms with Crippen LogP contribution in [-0.2, 0) is 0 Å². The largest absolute Gasteiger partial charge is 0.208 e. The molecule has 0 spiro atoms. The Balaban J connectivity index is 1.18. The van der Waals surface area contributed by atoms with Crippen LogP contribution >= 0.6 is 0 Å². The number of aromatic nitrogens is 3. The van der Waals surface area contributed by atoms with E-state index in [9.17, 15) is 5.26 Å². The Morgan fingerprint density at radius 2 is 0.589 bits per heavy atom. The molecule has 0 amide bonds. The highest BCUT2D eigenvalue weighted by Gasteiger charge is 2.18. The Morgan fingerprint density at radius 1 is 0.268 bits per heavy atom. The molecule has 1 aromatic heterocycles. The van der Waals surface area contributed by atoms with E-state index >= 15 is 0 Å². The maximum absolute atomic E-state index is 9.50. The molecule has 0 saturated heterocycles. The lowest BCUT2D eigenvalue weighted by Gasteiger charge is -2.18. The van der Waals surface area contributed by atoms with E-state index in [-0.39, 0.29) is 0 Å². The maximum atomic E-state index is 9.50. The summed E-state index contributed by atoms with van der Waals surface area (Å²) in [5, 5.41) is 9.50. The van der Waals surface area contributed by atoms with Gasteiger partial charge in [0.25, 0.3) is 0 Å². The molecule has 262 valence electrons. The molecule has 1 heterocycles. The van der Waals surface area contributed by atoms with Crippen molar-refractivity contribution in [3.8, 4) is 95.9 Å². The van der Waals surface area contributed by atoms with Crippen LogP contribution in [0.4, 0.5) is 0 Å². The smallest absolute Gasteiger partial charge is 0.164 e. The average Bonchev–Trinajstić information content (AvgIpc) is 3.30. The second kappa shape index (κ2) is 15.3. The quantitative estimate of drug-likeness (QED) is 0.157. The molecular weight excluding hydrogens is 681 g/mol. The van der Waals surface area contributed by atoms with Crippen molar-refractivity contribution in [3.63, 3.8) is 0 Å². The Kier molecular flexibility index (Phi) is 9.31. The van der Waals surface area contributed by atoms with Gasteiger partial charge in [-0.1, -0.05) is 176 Å². The van der Waals surface area contributed by atoms with E-state index in [2.05, 4.69) is 140 Å². The lowest BCUT2D eigenvalue weighted by atomic mass is 9.85. The Morgan fingerprint density at radius 3 is 1.05 bits per heavy atom. The summed E-state index contributed by atoms with van der Waals surface area (Å²) in [6.07, 6.45) is 0. The van der Waals surface area contributed by atoms with Crippen LogP contribution in [-0.4, -0.2) is 15.0 Å². The third kappa shape index (κ3) is 7.01. The summed E-state index contributed by atoms with van der Waals surface area (Å²) in [6, 6.07) is 73.0. The zero-order valence-electron chi connectivity index (χ0n) is 30.4. The van der Waals surface area contributed by atoms with E-state index in [4.69, 9.17) is 15.0 Å². The summed E-state index contributed by atoms with van der Waals surface area (Å²) in [5.74, 6) is 1.85. The van der Waals surface area contributed by atoms with Crippen LogP contribution < -0.4 is 0 Å². The van der Waals surface area contributed by atoms with Crippen molar-refractivity contribution in [1.82, 2.24) is 15.0 Å². The minimum atomic E-state index is 0.606. The van der Waals surface area contributed by atoms with Crippen LogP contribution in [0.3, 0.4) is 0 Å². The lowest BCUT2D eigenvalue weighted by Crippen LogP contribution is -2.00. The Bertz CT molecular complexity index is 2810. The molecule has 4 nitrogen and oxygen atoms in total. The van der Waals surface area contributed by atoms with Crippen LogP contribution in [0.1, 0.15) is 5.56 Å². The van der Waals surface area contributed by atoms with E-state index in [0.717, 1.165) is 72.3 Å². The first-order valence-corrected chi connectivity index (χ1v) is 18.6. The van der Waals surface area contributed by atoms with Crippen LogP contribution in [0.15, 0.2) is 206 Å². The highest BCUT2D eigenvalue weighted by molar-refractivity contribution is 5.95. The number of nitrogens with zero attached hydrogens (tertiary/aromatic N) is 4. The molecule has 0 saturated carbocycles. The fourth-order valence-electron chi connectivity index (χ4n) is 7.13. The maximum Gasteiger partial charge on any atom is 0.164 e. The van der Waals surface area contributed by atoms with Gasteiger partial charge in [0.05, 0.1) is 11.6 Å². The van der Waals surface area contributed by atoms with Gasteiger partial charge in [-0.05, 0) is 86.0 Å². The molecular formula is C52H34N4. The molecule has 0 aliphatic rings. The Hall–Kier alpha value is -7.74. The highest BCUT2D eigenvalue weighted by atomic mass is 15.0. The van der Waals surface area contributed by atoms with Gasteiger partial charge in [-0.25, -0.2) is 15.0 Å². The van der Waals surface area contributed by atoms with Crippen LogP contribution in [0.2, 0.25) is 0 Å². The van der Waals surface area contributed by atoms with Crippen molar-refractivity contribution in [2.24, 2.45) is 0 Å². The van der Waals surface area contributed by atoms with E-state index in [1.54, 1.807) is 0 Å². The second-order valence-corrected chi connectivity index (χ2v) is 13.6. The molecule has 0 aliphatic carbocycles. The minimum absolute atomic E-state index is 0.606. The van der Waals surface area contributed by atoms with Gasteiger partial charge in [-0.15, -0.1) is 0 Å². The first kappa shape index (κ1) is 34.1. The molecule has 0 bridgehead atoms. The minimum Gasteiger partial charge on any atom is -0.208 e. The van der Waals surface area contributed by atoms with Crippen LogP contribution in [0, 0.1) is 11.3 Å². The second-order valence-electron chi connectivity index (χ2n) is 13.6. The molecule has 0 unspecified atom stereocenters.